The zero-order valence-corrected chi connectivity index (χ0v) is 12.3. The van der Waals surface area contributed by atoms with Crippen LogP contribution in [0.1, 0.15) is 17.4 Å². The van der Waals surface area contributed by atoms with Crippen LogP contribution in [0.5, 0.6) is 5.75 Å². The van der Waals surface area contributed by atoms with E-state index in [9.17, 15) is 4.79 Å². The van der Waals surface area contributed by atoms with Crippen LogP contribution in [0.25, 0.3) is 0 Å². The number of aromatic nitrogens is 2. The maximum absolute atomic E-state index is 11.6. The molecule has 0 aliphatic heterocycles. The summed E-state index contributed by atoms with van der Waals surface area (Å²) in [7, 11) is 1.28. The largest absolute Gasteiger partial charge is 0.494 e. The summed E-state index contributed by atoms with van der Waals surface area (Å²) in [5.74, 6) is 0.176. The van der Waals surface area contributed by atoms with Crippen molar-refractivity contribution in [2.45, 2.75) is 6.92 Å². The normalized spacial score (nSPS) is 10.0. The smallest absolute Gasteiger partial charge is 0.360 e. The van der Waals surface area contributed by atoms with Gasteiger partial charge in [-0.3, -0.25) is 0 Å². The first kappa shape index (κ1) is 15.1. The van der Waals surface area contributed by atoms with Crippen LogP contribution in [0.15, 0.2) is 30.3 Å². The van der Waals surface area contributed by atoms with Crippen LogP contribution in [0, 0.1) is 0 Å². The van der Waals surface area contributed by atoms with Gasteiger partial charge in [0, 0.05) is 11.8 Å². The SMILES string of the molecule is CCOc1ccc(Nc2cc(Cl)nnc2C(=O)OC)cc1. The minimum Gasteiger partial charge on any atom is -0.494 e. The number of carbonyl (C=O) groups is 1. The van der Waals surface area contributed by atoms with E-state index in [0.717, 1.165) is 11.4 Å². The fraction of sp³-hybridized carbons (Fsp3) is 0.214. The molecule has 0 unspecified atom stereocenters. The van der Waals surface area contributed by atoms with Gasteiger partial charge in [0.15, 0.2) is 10.8 Å². The van der Waals surface area contributed by atoms with Gasteiger partial charge in [-0.2, -0.15) is 0 Å². The van der Waals surface area contributed by atoms with E-state index in [4.69, 9.17) is 16.3 Å². The third kappa shape index (κ3) is 3.82. The highest BCUT2D eigenvalue weighted by Crippen LogP contribution is 2.24. The van der Waals surface area contributed by atoms with Crippen LogP contribution >= 0.6 is 11.6 Å². The van der Waals surface area contributed by atoms with E-state index in [1.165, 1.54) is 13.2 Å². The van der Waals surface area contributed by atoms with Crippen molar-refractivity contribution < 1.29 is 14.3 Å². The van der Waals surface area contributed by atoms with Gasteiger partial charge in [-0.1, -0.05) is 11.6 Å². The van der Waals surface area contributed by atoms with Crippen LogP contribution in [-0.4, -0.2) is 29.9 Å². The second kappa shape index (κ2) is 6.90. The van der Waals surface area contributed by atoms with E-state index in [-0.39, 0.29) is 10.8 Å². The van der Waals surface area contributed by atoms with Crippen molar-refractivity contribution >= 4 is 28.9 Å². The molecule has 0 saturated heterocycles. The van der Waals surface area contributed by atoms with Crippen molar-refractivity contribution in [1.29, 1.82) is 0 Å². The zero-order chi connectivity index (χ0) is 15.2. The van der Waals surface area contributed by atoms with Crippen LogP contribution in [0.4, 0.5) is 11.4 Å². The molecular formula is C14H14ClN3O3. The standard InChI is InChI=1S/C14H14ClN3O3/c1-3-21-10-6-4-9(5-7-10)16-11-8-12(15)17-18-13(11)14(19)20-2/h4-8H,3H2,1-2H3,(H,16,17). The Morgan fingerprint density at radius 2 is 2.00 bits per heavy atom. The summed E-state index contributed by atoms with van der Waals surface area (Å²) in [4.78, 5) is 11.6. The number of hydrogen-bond donors (Lipinski definition) is 1. The van der Waals surface area contributed by atoms with Crippen LogP contribution < -0.4 is 10.1 Å². The number of methoxy groups -OCH3 is 1. The van der Waals surface area contributed by atoms with Gasteiger partial charge in [-0.15, -0.1) is 10.2 Å². The second-order valence-electron chi connectivity index (χ2n) is 4.00. The second-order valence-corrected chi connectivity index (χ2v) is 4.39. The van der Waals surface area contributed by atoms with Crippen LogP contribution in [0.3, 0.4) is 0 Å². The molecule has 0 fully saturated rings. The van der Waals surface area contributed by atoms with Gasteiger partial charge in [-0.25, -0.2) is 4.79 Å². The lowest BCUT2D eigenvalue weighted by atomic mass is 10.2. The van der Waals surface area contributed by atoms with E-state index in [1.54, 1.807) is 0 Å². The van der Waals surface area contributed by atoms with Crippen molar-refractivity contribution in [2.24, 2.45) is 0 Å². The molecule has 0 amide bonds. The number of anilines is 2. The van der Waals surface area contributed by atoms with E-state index in [0.29, 0.717) is 12.3 Å². The molecule has 21 heavy (non-hydrogen) atoms. The van der Waals surface area contributed by atoms with Crippen LogP contribution in [-0.2, 0) is 4.74 Å². The number of benzene rings is 1. The number of nitrogens with one attached hydrogen (secondary N) is 1. The van der Waals surface area contributed by atoms with Gasteiger partial charge in [0.25, 0.3) is 0 Å². The number of carbonyl (C=O) groups excluding carboxylic acids is 1. The summed E-state index contributed by atoms with van der Waals surface area (Å²) in [6, 6.07) is 8.79. The summed E-state index contributed by atoms with van der Waals surface area (Å²) in [5.41, 5.74) is 1.24. The summed E-state index contributed by atoms with van der Waals surface area (Å²) < 4.78 is 10.0. The molecule has 1 aromatic heterocycles. The van der Waals surface area contributed by atoms with E-state index in [2.05, 4.69) is 20.3 Å². The molecule has 0 spiro atoms. The summed E-state index contributed by atoms with van der Waals surface area (Å²) >= 11 is 5.81. The first-order valence-electron chi connectivity index (χ1n) is 6.25. The molecule has 0 aliphatic rings. The predicted molar refractivity (Wildman–Crippen MR) is 79.3 cm³/mol. The lowest BCUT2D eigenvalue weighted by Crippen LogP contribution is -2.09. The molecule has 7 heteroatoms. The quantitative estimate of drug-likeness (QED) is 0.856. The predicted octanol–water partition coefficient (Wildman–Crippen LogP) is 3.06. The Balaban J connectivity index is 2.25. The van der Waals surface area contributed by atoms with Crippen LogP contribution in [0.2, 0.25) is 5.15 Å². The molecule has 0 bridgehead atoms. The van der Waals surface area contributed by atoms with Gasteiger partial charge >= 0.3 is 5.97 Å². The van der Waals surface area contributed by atoms with Gasteiger partial charge < -0.3 is 14.8 Å². The van der Waals surface area contributed by atoms with Crippen molar-refractivity contribution in [3.8, 4) is 5.75 Å². The average molecular weight is 308 g/mol. The van der Waals surface area contributed by atoms with Crippen molar-refractivity contribution in [3.63, 3.8) is 0 Å². The zero-order valence-electron chi connectivity index (χ0n) is 11.6. The molecule has 1 N–H and O–H groups in total. The molecule has 2 aromatic rings. The van der Waals surface area contributed by atoms with Crippen molar-refractivity contribution in [3.05, 3.63) is 41.2 Å². The monoisotopic (exact) mass is 307 g/mol. The fourth-order valence-electron chi connectivity index (χ4n) is 1.67. The third-order valence-corrected chi connectivity index (χ3v) is 2.77. The van der Waals surface area contributed by atoms with Gasteiger partial charge in [-0.05, 0) is 31.2 Å². The Hall–Kier alpha value is -2.34. The molecule has 1 heterocycles. The summed E-state index contributed by atoms with van der Waals surface area (Å²) in [6.07, 6.45) is 0. The molecule has 1 aromatic carbocycles. The Kier molecular flexibility index (Phi) is 4.94. The maximum atomic E-state index is 11.6. The number of hydrogen-bond acceptors (Lipinski definition) is 6. The molecule has 6 nitrogen and oxygen atoms in total. The lowest BCUT2D eigenvalue weighted by molar-refractivity contribution is 0.0594. The Labute approximate surface area is 127 Å². The number of rotatable bonds is 5. The van der Waals surface area contributed by atoms with Gasteiger partial charge in [0.2, 0.25) is 0 Å². The molecule has 0 aliphatic carbocycles. The number of nitrogens with zero attached hydrogens (tertiary/aromatic N) is 2. The minimum atomic E-state index is -0.590. The summed E-state index contributed by atoms with van der Waals surface area (Å²) in [5, 5.41) is 10.6. The first-order chi connectivity index (χ1) is 10.1. The third-order valence-electron chi connectivity index (χ3n) is 2.59. The maximum Gasteiger partial charge on any atom is 0.360 e. The topological polar surface area (TPSA) is 73.3 Å². The average Bonchev–Trinajstić information content (AvgIpc) is 2.49. The number of esters is 1. The Morgan fingerprint density at radius 3 is 2.62 bits per heavy atom. The lowest BCUT2D eigenvalue weighted by Gasteiger charge is -2.10. The van der Waals surface area contributed by atoms with E-state index >= 15 is 0 Å². The highest BCUT2D eigenvalue weighted by Gasteiger charge is 2.15. The number of halogens is 1. The molecule has 110 valence electrons. The fourth-order valence-corrected chi connectivity index (χ4v) is 1.81. The van der Waals surface area contributed by atoms with Crippen molar-refractivity contribution in [1.82, 2.24) is 10.2 Å². The molecule has 0 saturated carbocycles. The highest BCUT2D eigenvalue weighted by atomic mass is 35.5. The Morgan fingerprint density at radius 1 is 1.29 bits per heavy atom. The van der Waals surface area contributed by atoms with Crippen molar-refractivity contribution in [2.75, 3.05) is 19.0 Å². The van der Waals surface area contributed by atoms with E-state index in [1.807, 2.05) is 31.2 Å². The Bertz CT molecular complexity index is 632. The van der Waals surface area contributed by atoms with Gasteiger partial charge in [0.1, 0.15) is 5.75 Å². The molecular weight excluding hydrogens is 294 g/mol. The highest BCUT2D eigenvalue weighted by molar-refractivity contribution is 6.29. The summed E-state index contributed by atoms with van der Waals surface area (Å²) in [6.45, 7) is 2.52. The minimum absolute atomic E-state index is 0.0655. The molecule has 0 radical (unpaired) electrons. The van der Waals surface area contributed by atoms with E-state index < -0.39 is 5.97 Å². The molecule has 2 rings (SSSR count). The number of ether oxygens (including phenoxy) is 2. The molecule has 0 atom stereocenters. The van der Waals surface area contributed by atoms with Gasteiger partial charge in [0.05, 0.1) is 19.4 Å². The first-order valence-corrected chi connectivity index (χ1v) is 6.63.